The van der Waals surface area contributed by atoms with Gasteiger partial charge in [-0.25, -0.2) is 9.50 Å². The molecule has 184 valence electrons. The highest BCUT2D eigenvalue weighted by Crippen LogP contribution is 2.33. The van der Waals surface area contributed by atoms with Crippen LogP contribution in [0.15, 0.2) is 67.1 Å². The summed E-state index contributed by atoms with van der Waals surface area (Å²) in [7, 11) is 0. The fraction of sp³-hybridized carbons (Fsp3) is 0.333. The molecule has 5 nitrogen and oxygen atoms in total. The summed E-state index contributed by atoms with van der Waals surface area (Å²) < 4.78 is 40.9. The van der Waals surface area contributed by atoms with Crippen molar-refractivity contribution in [2.24, 2.45) is 0 Å². The zero-order chi connectivity index (χ0) is 25.2. The predicted octanol–water partition coefficient (Wildman–Crippen LogP) is 6.29. The maximum absolute atomic E-state index is 13.1. The molecule has 0 radical (unpaired) electrons. The van der Waals surface area contributed by atoms with Crippen LogP contribution in [0, 0.1) is 0 Å². The molecule has 0 amide bonds. The van der Waals surface area contributed by atoms with Gasteiger partial charge < -0.3 is 10.2 Å². The molecule has 2 unspecified atom stereocenters. The van der Waals surface area contributed by atoms with E-state index < -0.39 is 11.7 Å². The Balaban J connectivity index is 0.00000141. The van der Waals surface area contributed by atoms with Crippen LogP contribution in [0.5, 0.6) is 0 Å². The summed E-state index contributed by atoms with van der Waals surface area (Å²) in [6, 6.07) is 14.4. The molecule has 0 aliphatic carbocycles. The molecule has 35 heavy (non-hydrogen) atoms. The highest BCUT2D eigenvalue weighted by atomic mass is 19.4. The number of nitrogens with zero attached hydrogens (tertiary/aromatic N) is 4. The van der Waals surface area contributed by atoms with E-state index in [9.17, 15) is 13.2 Å². The summed E-state index contributed by atoms with van der Waals surface area (Å²) in [5, 5.41) is 7.79. The second kappa shape index (κ2) is 10.1. The van der Waals surface area contributed by atoms with Crippen molar-refractivity contribution in [2.45, 2.75) is 46.0 Å². The Morgan fingerprint density at radius 3 is 2.23 bits per heavy atom. The van der Waals surface area contributed by atoms with E-state index in [1.165, 1.54) is 11.8 Å². The van der Waals surface area contributed by atoms with Crippen LogP contribution in [-0.4, -0.2) is 39.8 Å². The van der Waals surface area contributed by atoms with Crippen molar-refractivity contribution in [2.75, 3.05) is 18.0 Å². The van der Waals surface area contributed by atoms with E-state index >= 15 is 0 Å². The van der Waals surface area contributed by atoms with E-state index in [1.54, 1.807) is 23.0 Å². The van der Waals surface area contributed by atoms with Crippen molar-refractivity contribution >= 4 is 11.3 Å². The average molecular weight is 482 g/mol. The number of hydrogen-bond acceptors (Lipinski definition) is 4. The molecule has 8 heteroatoms. The zero-order valence-corrected chi connectivity index (χ0v) is 20.3. The second-order valence-corrected chi connectivity index (χ2v) is 8.56. The van der Waals surface area contributed by atoms with Gasteiger partial charge in [0.05, 0.1) is 11.8 Å². The molecule has 5 rings (SSSR count). The lowest BCUT2D eigenvalue weighted by atomic mass is 10.0. The molecule has 2 aromatic carbocycles. The van der Waals surface area contributed by atoms with Crippen LogP contribution < -0.4 is 10.2 Å². The van der Waals surface area contributed by atoms with Gasteiger partial charge in [-0.3, -0.25) is 0 Å². The van der Waals surface area contributed by atoms with Crippen LogP contribution in [0.3, 0.4) is 0 Å². The molecule has 1 aliphatic rings. The Morgan fingerprint density at radius 1 is 0.886 bits per heavy atom. The molecule has 1 N–H and O–H groups in total. The van der Waals surface area contributed by atoms with Crippen molar-refractivity contribution in [3.05, 3.63) is 72.7 Å². The van der Waals surface area contributed by atoms with Gasteiger partial charge in [0.1, 0.15) is 0 Å². The first-order chi connectivity index (χ1) is 16.8. The topological polar surface area (TPSA) is 45.5 Å². The molecule has 0 saturated carbocycles. The van der Waals surface area contributed by atoms with Gasteiger partial charge in [-0.05, 0) is 49.2 Å². The summed E-state index contributed by atoms with van der Waals surface area (Å²) in [5.41, 5.74) is 3.88. The fourth-order valence-electron chi connectivity index (χ4n) is 4.56. The quantitative estimate of drug-likeness (QED) is 0.373. The standard InChI is InChI=1S/C25H24F3N5.C2H6/c1-16-11-29-12-17(2)33(16)22-8-6-18(7-9-22)20-13-30-24-23(14-31-32(24)15-20)19-4-3-5-21(10-19)25(26,27)28;1-2/h3-10,13-17,29H,11-12H2,1-2H3;1-2H3. The minimum Gasteiger partial charge on any atom is -0.364 e. The minimum atomic E-state index is -4.40. The molecule has 0 spiro atoms. The molecule has 1 saturated heterocycles. The van der Waals surface area contributed by atoms with Gasteiger partial charge in [0, 0.05) is 54.4 Å². The van der Waals surface area contributed by atoms with Crippen molar-refractivity contribution in [1.82, 2.24) is 19.9 Å². The first-order valence-electron chi connectivity index (χ1n) is 11.9. The molecule has 1 fully saturated rings. The van der Waals surface area contributed by atoms with E-state index in [0.29, 0.717) is 28.9 Å². The van der Waals surface area contributed by atoms with Crippen LogP contribution in [0.4, 0.5) is 18.9 Å². The molecule has 4 aromatic rings. The highest BCUT2D eigenvalue weighted by molar-refractivity contribution is 5.78. The maximum Gasteiger partial charge on any atom is 0.416 e. The van der Waals surface area contributed by atoms with Gasteiger partial charge in [-0.15, -0.1) is 0 Å². The molecular formula is C27H30F3N5. The van der Waals surface area contributed by atoms with Crippen LogP contribution in [0.25, 0.3) is 27.9 Å². The van der Waals surface area contributed by atoms with Crippen LogP contribution in [0.2, 0.25) is 0 Å². The second-order valence-electron chi connectivity index (χ2n) is 8.56. The SMILES string of the molecule is CC.CC1CNCC(C)N1c1ccc(-c2cnc3c(-c4cccc(C(F)(F)F)c4)cnn3c2)cc1. The van der Waals surface area contributed by atoms with Crippen molar-refractivity contribution in [3.8, 4) is 22.3 Å². The first-order valence-corrected chi connectivity index (χ1v) is 11.9. The van der Waals surface area contributed by atoms with E-state index in [1.807, 2.05) is 20.0 Å². The van der Waals surface area contributed by atoms with Crippen molar-refractivity contribution in [3.63, 3.8) is 0 Å². The van der Waals surface area contributed by atoms with Crippen LogP contribution in [0.1, 0.15) is 33.3 Å². The van der Waals surface area contributed by atoms with Gasteiger partial charge in [-0.1, -0.05) is 38.1 Å². The van der Waals surface area contributed by atoms with E-state index in [-0.39, 0.29) is 0 Å². The Morgan fingerprint density at radius 2 is 1.57 bits per heavy atom. The number of alkyl halides is 3. The number of fused-ring (bicyclic) bond motifs is 1. The fourth-order valence-corrected chi connectivity index (χ4v) is 4.56. The smallest absolute Gasteiger partial charge is 0.364 e. The Hall–Kier alpha value is -3.39. The number of hydrogen-bond donors (Lipinski definition) is 1. The molecule has 1 aliphatic heterocycles. The number of aromatic nitrogens is 3. The van der Waals surface area contributed by atoms with Crippen LogP contribution >= 0.6 is 0 Å². The number of piperazine rings is 1. The third-order valence-corrected chi connectivity index (χ3v) is 6.19. The summed E-state index contributed by atoms with van der Waals surface area (Å²) in [4.78, 5) is 6.95. The molecule has 0 bridgehead atoms. The Kier molecular flexibility index (Phi) is 7.12. The van der Waals surface area contributed by atoms with Crippen molar-refractivity contribution < 1.29 is 13.2 Å². The number of rotatable bonds is 3. The largest absolute Gasteiger partial charge is 0.416 e. The predicted molar refractivity (Wildman–Crippen MR) is 134 cm³/mol. The Bertz CT molecular complexity index is 1270. The van der Waals surface area contributed by atoms with Crippen molar-refractivity contribution in [1.29, 1.82) is 0 Å². The molecule has 3 heterocycles. The van der Waals surface area contributed by atoms with Gasteiger partial charge in [0.2, 0.25) is 0 Å². The summed E-state index contributed by atoms with van der Waals surface area (Å²) in [6.07, 6.45) is 0.744. The summed E-state index contributed by atoms with van der Waals surface area (Å²) >= 11 is 0. The van der Waals surface area contributed by atoms with E-state index in [2.05, 4.69) is 58.4 Å². The molecule has 2 aromatic heterocycles. The summed E-state index contributed by atoms with van der Waals surface area (Å²) in [6.45, 7) is 10.3. The maximum atomic E-state index is 13.1. The zero-order valence-electron chi connectivity index (χ0n) is 20.3. The number of halogens is 3. The molecule has 2 atom stereocenters. The lowest BCUT2D eigenvalue weighted by Gasteiger charge is -2.41. The molecular weight excluding hydrogens is 451 g/mol. The lowest BCUT2D eigenvalue weighted by Crippen LogP contribution is -2.55. The first kappa shape index (κ1) is 24.7. The third-order valence-electron chi connectivity index (χ3n) is 6.19. The van der Waals surface area contributed by atoms with Gasteiger partial charge in [0.15, 0.2) is 5.65 Å². The number of benzene rings is 2. The van der Waals surface area contributed by atoms with Gasteiger partial charge in [0.25, 0.3) is 0 Å². The third kappa shape index (κ3) is 5.03. The van der Waals surface area contributed by atoms with E-state index in [0.717, 1.165) is 36.3 Å². The minimum absolute atomic E-state index is 0.413. The monoisotopic (exact) mass is 481 g/mol. The Labute approximate surface area is 203 Å². The number of anilines is 1. The number of nitrogens with one attached hydrogen (secondary N) is 1. The van der Waals surface area contributed by atoms with E-state index in [4.69, 9.17) is 0 Å². The lowest BCUT2D eigenvalue weighted by molar-refractivity contribution is -0.137. The van der Waals surface area contributed by atoms with Gasteiger partial charge >= 0.3 is 6.18 Å². The average Bonchev–Trinajstić information content (AvgIpc) is 3.29. The normalized spacial score (nSPS) is 18.3. The summed E-state index contributed by atoms with van der Waals surface area (Å²) in [5.74, 6) is 0. The van der Waals surface area contributed by atoms with Crippen LogP contribution in [-0.2, 0) is 6.18 Å². The highest BCUT2D eigenvalue weighted by Gasteiger charge is 2.30. The van der Waals surface area contributed by atoms with Gasteiger partial charge in [-0.2, -0.15) is 18.3 Å².